The van der Waals surface area contributed by atoms with Crippen LogP contribution in [0.3, 0.4) is 0 Å². The van der Waals surface area contributed by atoms with E-state index in [1.807, 2.05) is 0 Å². The average molecular weight is 476 g/mol. The summed E-state index contributed by atoms with van der Waals surface area (Å²) in [6.07, 6.45) is 1.56. The molecule has 3 rings (SSSR count). The van der Waals surface area contributed by atoms with Crippen LogP contribution in [-0.4, -0.2) is 34.1 Å². The molecule has 0 saturated carbocycles. The van der Waals surface area contributed by atoms with Gasteiger partial charge in [0.25, 0.3) is 0 Å². The van der Waals surface area contributed by atoms with Crippen molar-refractivity contribution in [2.75, 3.05) is 5.32 Å². The van der Waals surface area contributed by atoms with Gasteiger partial charge in [-0.2, -0.15) is 13.5 Å². The molecule has 8 nitrogen and oxygen atoms in total. The van der Waals surface area contributed by atoms with Crippen molar-refractivity contribution in [3.63, 3.8) is 0 Å². The summed E-state index contributed by atoms with van der Waals surface area (Å²) in [5.74, 6) is -0.755. The average Bonchev–Trinajstić information content (AvgIpc) is 3.20. The van der Waals surface area contributed by atoms with E-state index in [0.717, 1.165) is 15.5 Å². The third-order valence-corrected chi connectivity index (χ3v) is 6.88. The van der Waals surface area contributed by atoms with Crippen molar-refractivity contribution >= 4 is 71.1 Å². The van der Waals surface area contributed by atoms with Gasteiger partial charge < -0.3 is 5.32 Å². The zero-order chi connectivity index (χ0) is 18.9. The molecule has 0 fully saturated rings. The molecule has 2 aromatic heterocycles. The van der Waals surface area contributed by atoms with Gasteiger partial charge in [0.1, 0.15) is 22.0 Å². The molecule has 0 bridgehead atoms. The van der Waals surface area contributed by atoms with E-state index in [9.17, 15) is 13.2 Å². The minimum absolute atomic E-state index is 0.000747. The summed E-state index contributed by atoms with van der Waals surface area (Å²) in [4.78, 5) is 16.6. The molecule has 138 valence electrons. The topological polar surface area (TPSA) is 114 Å². The number of amides is 1. The van der Waals surface area contributed by atoms with Crippen molar-refractivity contribution in [2.45, 2.75) is 24.8 Å². The van der Waals surface area contributed by atoms with Crippen LogP contribution in [0.1, 0.15) is 13.8 Å². The van der Waals surface area contributed by atoms with Gasteiger partial charge >= 0.3 is 0 Å². The Morgan fingerprint density at radius 1 is 1.27 bits per heavy atom. The van der Waals surface area contributed by atoms with E-state index in [0.29, 0.717) is 10.6 Å². The van der Waals surface area contributed by atoms with Crippen molar-refractivity contribution < 1.29 is 13.2 Å². The second-order valence-corrected chi connectivity index (χ2v) is 10.3. The van der Waals surface area contributed by atoms with Crippen molar-refractivity contribution in [3.05, 3.63) is 28.2 Å². The molecule has 26 heavy (non-hydrogen) atoms. The SMILES string of the molecule is CC(C)[C@@H](NS(=O)(=O)c1cccc2nsnc12)C(=O)Nc1ncc(Br)s1. The van der Waals surface area contributed by atoms with E-state index in [1.165, 1.54) is 17.4 Å². The number of sulfonamides is 1. The van der Waals surface area contributed by atoms with E-state index in [4.69, 9.17) is 0 Å². The number of carbonyl (C=O) groups excluding carboxylic acids is 1. The number of carbonyl (C=O) groups is 1. The Morgan fingerprint density at radius 2 is 2.04 bits per heavy atom. The molecule has 0 spiro atoms. The molecule has 2 heterocycles. The molecule has 0 aliphatic carbocycles. The molecule has 0 radical (unpaired) electrons. The third-order valence-electron chi connectivity index (χ3n) is 3.48. The maximum absolute atomic E-state index is 12.8. The Labute approximate surface area is 166 Å². The lowest BCUT2D eigenvalue weighted by Gasteiger charge is -2.21. The molecular formula is C14H14BrN5O3S3. The molecule has 12 heteroatoms. The van der Waals surface area contributed by atoms with Crippen molar-refractivity contribution in [1.82, 2.24) is 18.5 Å². The van der Waals surface area contributed by atoms with Crippen LogP contribution in [0.25, 0.3) is 11.0 Å². The first kappa shape index (κ1) is 19.3. The molecule has 0 saturated heterocycles. The molecule has 1 atom stereocenters. The fourth-order valence-electron chi connectivity index (χ4n) is 2.22. The van der Waals surface area contributed by atoms with Gasteiger partial charge in [-0.25, -0.2) is 13.4 Å². The molecular weight excluding hydrogens is 462 g/mol. The molecule has 3 aromatic rings. The number of aromatic nitrogens is 3. The van der Waals surface area contributed by atoms with Crippen LogP contribution in [0.5, 0.6) is 0 Å². The number of thiazole rings is 1. The van der Waals surface area contributed by atoms with Crippen LogP contribution >= 0.6 is 39.0 Å². The standard InChI is InChI=1S/C14H14BrN5O3S3/c1-7(2)11(13(21)17-14-16-6-10(15)24-14)20-26(22,23)9-5-3-4-8-12(9)19-25-18-8/h3-7,11,20H,1-2H3,(H,16,17,21)/t11-/m1/s1. The van der Waals surface area contributed by atoms with Gasteiger partial charge in [0.05, 0.1) is 21.7 Å². The summed E-state index contributed by atoms with van der Waals surface area (Å²) < 4.78 is 37.0. The number of benzene rings is 1. The van der Waals surface area contributed by atoms with E-state index in [1.54, 1.807) is 32.2 Å². The van der Waals surface area contributed by atoms with Gasteiger partial charge in [-0.3, -0.25) is 4.79 Å². The summed E-state index contributed by atoms with van der Waals surface area (Å²) in [5, 5.41) is 3.02. The molecule has 2 N–H and O–H groups in total. The van der Waals surface area contributed by atoms with Gasteiger partial charge in [-0.1, -0.05) is 31.3 Å². The number of anilines is 1. The highest BCUT2D eigenvalue weighted by Gasteiger charge is 2.30. The van der Waals surface area contributed by atoms with Gasteiger partial charge in [-0.05, 0) is 34.0 Å². The second kappa shape index (κ2) is 7.64. The normalized spacial score (nSPS) is 13.2. The maximum atomic E-state index is 12.8. The van der Waals surface area contributed by atoms with Crippen LogP contribution in [0.15, 0.2) is 33.1 Å². The third kappa shape index (κ3) is 4.09. The van der Waals surface area contributed by atoms with E-state index in [-0.39, 0.29) is 16.3 Å². The van der Waals surface area contributed by atoms with Crippen LogP contribution in [0.4, 0.5) is 5.13 Å². The van der Waals surface area contributed by atoms with Crippen LogP contribution in [-0.2, 0) is 14.8 Å². The van der Waals surface area contributed by atoms with Crippen molar-refractivity contribution in [1.29, 1.82) is 0 Å². The Kier molecular flexibility index (Phi) is 5.67. The highest BCUT2D eigenvalue weighted by Crippen LogP contribution is 2.24. The highest BCUT2D eigenvalue weighted by molar-refractivity contribution is 9.11. The molecule has 1 amide bonds. The number of hydrogen-bond acceptors (Lipinski definition) is 8. The predicted octanol–water partition coefficient (Wildman–Crippen LogP) is 2.85. The Morgan fingerprint density at radius 3 is 2.69 bits per heavy atom. The first-order valence-corrected chi connectivity index (χ1v) is 11.3. The molecule has 1 aromatic carbocycles. The Hall–Kier alpha value is -1.47. The van der Waals surface area contributed by atoms with Crippen LogP contribution < -0.4 is 10.0 Å². The highest BCUT2D eigenvalue weighted by atomic mass is 79.9. The number of hydrogen-bond donors (Lipinski definition) is 2. The summed E-state index contributed by atoms with van der Waals surface area (Å²) in [7, 11) is -3.97. The Bertz CT molecular complexity index is 1050. The molecule has 0 unspecified atom stereocenters. The first-order valence-electron chi connectivity index (χ1n) is 7.44. The zero-order valence-corrected chi connectivity index (χ0v) is 17.7. The smallest absolute Gasteiger partial charge is 0.244 e. The number of halogens is 1. The number of fused-ring (bicyclic) bond motifs is 1. The van der Waals surface area contributed by atoms with E-state index >= 15 is 0 Å². The predicted molar refractivity (Wildman–Crippen MR) is 105 cm³/mol. The lowest BCUT2D eigenvalue weighted by atomic mass is 10.1. The van der Waals surface area contributed by atoms with Crippen molar-refractivity contribution in [3.8, 4) is 0 Å². The summed E-state index contributed by atoms with van der Waals surface area (Å²) >= 11 is 5.45. The van der Waals surface area contributed by atoms with Gasteiger partial charge in [0.2, 0.25) is 15.9 Å². The summed E-state index contributed by atoms with van der Waals surface area (Å²) in [6.45, 7) is 3.52. The molecule has 0 aliphatic rings. The minimum atomic E-state index is -3.97. The van der Waals surface area contributed by atoms with E-state index < -0.39 is 22.0 Å². The van der Waals surface area contributed by atoms with E-state index in [2.05, 4.69) is 39.7 Å². The zero-order valence-electron chi connectivity index (χ0n) is 13.6. The number of rotatable bonds is 6. The first-order chi connectivity index (χ1) is 12.3. The minimum Gasteiger partial charge on any atom is -0.301 e. The van der Waals surface area contributed by atoms with Crippen molar-refractivity contribution in [2.24, 2.45) is 5.92 Å². The largest absolute Gasteiger partial charge is 0.301 e. The second-order valence-electron chi connectivity index (χ2n) is 5.69. The van der Waals surface area contributed by atoms with Gasteiger partial charge in [0.15, 0.2) is 5.13 Å². The number of nitrogens with zero attached hydrogens (tertiary/aromatic N) is 3. The quantitative estimate of drug-likeness (QED) is 0.566. The fraction of sp³-hybridized carbons (Fsp3) is 0.286. The fourth-order valence-corrected chi connectivity index (χ4v) is 5.44. The molecule has 0 aliphatic heterocycles. The number of nitrogens with one attached hydrogen (secondary N) is 2. The van der Waals surface area contributed by atoms with Gasteiger partial charge in [-0.15, -0.1) is 0 Å². The lowest BCUT2D eigenvalue weighted by molar-refractivity contribution is -0.118. The Balaban J connectivity index is 1.87. The van der Waals surface area contributed by atoms with Gasteiger partial charge in [0, 0.05) is 0 Å². The summed E-state index contributed by atoms with van der Waals surface area (Å²) in [6, 6.07) is 3.75. The lowest BCUT2D eigenvalue weighted by Crippen LogP contribution is -2.47. The van der Waals surface area contributed by atoms with Crippen LogP contribution in [0, 0.1) is 5.92 Å². The van der Waals surface area contributed by atoms with Crippen LogP contribution in [0.2, 0.25) is 0 Å². The monoisotopic (exact) mass is 475 g/mol. The maximum Gasteiger partial charge on any atom is 0.244 e. The summed E-state index contributed by atoms with van der Waals surface area (Å²) in [5.41, 5.74) is 0.785.